The molecule has 5 aliphatic rings. The first-order valence-corrected chi connectivity index (χ1v) is 23.4. The number of anilines is 2. The average molecular weight is 827 g/mol. The summed E-state index contributed by atoms with van der Waals surface area (Å²) < 4.78 is 29.3. The highest BCUT2D eigenvalue weighted by molar-refractivity contribution is 7.90. The third kappa shape index (κ3) is 8.90. The Kier molecular flexibility index (Phi) is 11.9. The number of piperidine rings is 1. The van der Waals surface area contributed by atoms with Gasteiger partial charge in [-0.2, -0.15) is 0 Å². The van der Waals surface area contributed by atoms with Crippen molar-refractivity contribution >= 4 is 33.0 Å². The fourth-order valence-corrected chi connectivity index (χ4v) is 11.7. The van der Waals surface area contributed by atoms with Crippen molar-refractivity contribution in [2.45, 2.75) is 126 Å². The maximum absolute atomic E-state index is 13.7. The Bertz CT molecular complexity index is 2110. The van der Waals surface area contributed by atoms with Crippen LogP contribution in [0.4, 0.5) is 17.1 Å². The van der Waals surface area contributed by atoms with Gasteiger partial charge in [0.25, 0.3) is 21.6 Å². The first-order chi connectivity index (χ1) is 28.2. The summed E-state index contributed by atoms with van der Waals surface area (Å²) in [6.07, 6.45) is 11.3. The molecule has 2 heterocycles. The highest BCUT2D eigenvalue weighted by atomic mass is 32.2. The van der Waals surface area contributed by atoms with Crippen LogP contribution in [0.2, 0.25) is 0 Å². The quantitative estimate of drug-likeness (QED) is 0.122. The lowest BCUT2D eigenvalue weighted by atomic mass is 9.59. The maximum Gasteiger partial charge on any atom is 0.293 e. The van der Waals surface area contributed by atoms with E-state index in [1.807, 2.05) is 19.1 Å². The molecular weight excluding hydrogens is 765 g/mol. The summed E-state index contributed by atoms with van der Waals surface area (Å²) in [5, 5.41) is 25.5. The van der Waals surface area contributed by atoms with Crippen LogP contribution in [0.5, 0.6) is 0 Å². The molecule has 1 unspecified atom stereocenters. The van der Waals surface area contributed by atoms with Gasteiger partial charge in [0.2, 0.25) is 0 Å². The Hall–Kier alpha value is -4.04. The van der Waals surface area contributed by atoms with Crippen LogP contribution in [0, 0.1) is 21.4 Å². The third-order valence-electron chi connectivity index (χ3n) is 14.6. The van der Waals surface area contributed by atoms with Gasteiger partial charge in [0.15, 0.2) is 0 Å². The first-order valence-electron chi connectivity index (χ1n) is 22.0. The number of nitro benzene ring substituents is 1. The fourth-order valence-electron chi connectivity index (χ4n) is 10.7. The van der Waals surface area contributed by atoms with E-state index in [1.54, 1.807) is 12.1 Å². The second-order valence-electron chi connectivity index (χ2n) is 18.9. The van der Waals surface area contributed by atoms with Crippen molar-refractivity contribution in [3.63, 3.8) is 0 Å². The number of rotatable bonds is 12. The number of hydrogen-bond acceptors (Lipinski definition) is 10. The smallest absolute Gasteiger partial charge is 0.293 e. The Morgan fingerprint density at radius 2 is 1.61 bits per heavy atom. The van der Waals surface area contributed by atoms with Crippen LogP contribution in [0.3, 0.4) is 0 Å². The highest BCUT2D eigenvalue weighted by Crippen LogP contribution is 2.53. The lowest BCUT2D eigenvalue weighted by Crippen LogP contribution is -2.61. The lowest BCUT2D eigenvalue weighted by Gasteiger charge is -2.59. The topological polar surface area (TPSA) is 148 Å². The molecule has 1 spiro atoms. The second-order valence-corrected chi connectivity index (χ2v) is 20.6. The van der Waals surface area contributed by atoms with Gasteiger partial charge >= 0.3 is 0 Å². The van der Waals surface area contributed by atoms with Crippen LogP contribution >= 0.6 is 0 Å². The van der Waals surface area contributed by atoms with E-state index in [-0.39, 0.29) is 33.2 Å². The van der Waals surface area contributed by atoms with Crippen LogP contribution in [0.1, 0.15) is 125 Å². The van der Waals surface area contributed by atoms with Gasteiger partial charge in [0.1, 0.15) is 5.69 Å². The Balaban J connectivity index is 0.900. The molecule has 1 atom stereocenters. The number of nitrogens with zero attached hydrogens (tertiary/aromatic N) is 4. The third-order valence-corrected chi connectivity index (χ3v) is 15.9. The molecule has 2 saturated heterocycles. The fraction of sp³-hybridized carbons (Fsp3) is 0.587. The summed E-state index contributed by atoms with van der Waals surface area (Å²) in [5.41, 5.74) is 3.33. The SMILES string of the molecule is CC(C)c1ccccc1C1CN(C2CCC2)CCN1C1CC2(CCN(c3ccccc3C(=O)NS(=O)(=O)c3ccc(NCC4CCC(C)(O)CC4)c([N+](=O)[O-])c3)CC2)C1. The molecule has 13 heteroatoms. The highest BCUT2D eigenvalue weighted by Gasteiger charge is 2.50. The minimum absolute atomic E-state index is 0.214. The molecule has 5 fully saturated rings. The number of hydrogen-bond donors (Lipinski definition) is 3. The maximum atomic E-state index is 13.7. The number of piperazine rings is 1. The molecule has 2 aliphatic heterocycles. The summed E-state index contributed by atoms with van der Waals surface area (Å²) in [7, 11) is -4.43. The Labute approximate surface area is 349 Å². The number of benzene rings is 3. The van der Waals surface area contributed by atoms with Gasteiger partial charge in [-0.05, 0) is 124 Å². The van der Waals surface area contributed by atoms with E-state index >= 15 is 0 Å². The number of sulfonamides is 1. The zero-order valence-corrected chi connectivity index (χ0v) is 35.8. The molecule has 8 rings (SSSR count). The summed E-state index contributed by atoms with van der Waals surface area (Å²) in [5.74, 6) is -0.0544. The lowest BCUT2D eigenvalue weighted by molar-refractivity contribution is -0.384. The van der Waals surface area contributed by atoms with Crippen LogP contribution in [0.25, 0.3) is 0 Å². The number of nitrogens with one attached hydrogen (secondary N) is 2. The molecular formula is C46H62N6O6S. The van der Waals surface area contributed by atoms with E-state index in [2.05, 4.69) is 62.9 Å². The van der Waals surface area contributed by atoms with Crippen molar-refractivity contribution in [3.8, 4) is 0 Å². The number of para-hydroxylation sites is 1. The van der Waals surface area contributed by atoms with Crippen LogP contribution in [-0.2, 0) is 10.0 Å². The molecule has 318 valence electrons. The van der Waals surface area contributed by atoms with Gasteiger partial charge < -0.3 is 15.3 Å². The zero-order chi connectivity index (χ0) is 41.5. The van der Waals surface area contributed by atoms with E-state index in [9.17, 15) is 28.4 Å². The largest absolute Gasteiger partial charge is 0.390 e. The molecule has 3 aliphatic carbocycles. The van der Waals surface area contributed by atoms with E-state index in [0.717, 1.165) is 70.5 Å². The molecule has 3 aromatic carbocycles. The van der Waals surface area contributed by atoms with Crippen molar-refractivity contribution in [1.29, 1.82) is 0 Å². The van der Waals surface area contributed by atoms with Gasteiger partial charge in [-0.25, -0.2) is 13.1 Å². The van der Waals surface area contributed by atoms with Gasteiger partial charge in [-0.1, -0.05) is 56.7 Å². The summed E-state index contributed by atoms with van der Waals surface area (Å²) in [4.78, 5) is 32.6. The summed E-state index contributed by atoms with van der Waals surface area (Å²) in [6, 6.07) is 21.6. The zero-order valence-electron chi connectivity index (χ0n) is 34.9. The van der Waals surface area contributed by atoms with Crippen molar-refractivity contribution in [3.05, 3.63) is 93.5 Å². The van der Waals surface area contributed by atoms with Gasteiger partial charge in [0, 0.05) is 69.1 Å². The van der Waals surface area contributed by atoms with Crippen molar-refractivity contribution in [1.82, 2.24) is 14.5 Å². The molecule has 3 aromatic rings. The average Bonchev–Trinajstić information content (AvgIpc) is 3.18. The monoisotopic (exact) mass is 826 g/mol. The molecule has 1 amide bonds. The molecule has 59 heavy (non-hydrogen) atoms. The minimum atomic E-state index is -4.43. The predicted molar refractivity (Wildman–Crippen MR) is 231 cm³/mol. The number of carbonyl (C=O) groups is 1. The summed E-state index contributed by atoms with van der Waals surface area (Å²) >= 11 is 0. The minimum Gasteiger partial charge on any atom is -0.390 e. The van der Waals surface area contributed by atoms with E-state index in [4.69, 9.17) is 0 Å². The first kappa shape index (κ1) is 41.7. The summed E-state index contributed by atoms with van der Waals surface area (Å²) in [6.45, 7) is 11.8. The van der Waals surface area contributed by atoms with Crippen molar-refractivity contribution in [2.75, 3.05) is 49.5 Å². The second kappa shape index (κ2) is 16.8. The molecule has 0 aromatic heterocycles. The molecule has 0 radical (unpaired) electrons. The van der Waals surface area contributed by atoms with E-state index in [1.165, 1.54) is 55.4 Å². The Morgan fingerprint density at radius 3 is 2.29 bits per heavy atom. The number of nitro groups is 1. The van der Waals surface area contributed by atoms with E-state index in [0.29, 0.717) is 43.1 Å². The molecule has 3 saturated carbocycles. The van der Waals surface area contributed by atoms with Crippen molar-refractivity contribution < 1.29 is 23.2 Å². The number of aliphatic hydroxyl groups is 1. The van der Waals surface area contributed by atoms with Gasteiger partial charge in [0.05, 0.1) is 21.0 Å². The normalized spacial score (nSPS) is 25.7. The van der Waals surface area contributed by atoms with Crippen LogP contribution in [-0.4, -0.2) is 91.1 Å². The number of carbonyl (C=O) groups excluding carboxylic acids is 1. The standard InChI is InChI=1S/C46H62N6O6S/c1-32(2)37-11-4-5-12-38(37)43-31-50(34-9-8-10-34)25-26-51(43)35-28-46(29-35)21-23-49(24-22-46)41-14-7-6-13-39(41)44(53)48-59(57,58)36-15-16-40(42(27-36)52(55)56)47-30-33-17-19-45(3,54)20-18-33/h4-7,11-16,27,32-35,43,47,54H,8-10,17-26,28-31H2,1-3H3,(H,48,53). The number of amides is 1. The molecule has 3 N–H and O–H groups in total. The van der Waals surface area contributed by atoms with E-state index < -0.39 is 26.5 Å². The molecule has 12 nitrogen and oxygen atoms in total. The predicted octanol–water partition coefficient (Wildman–Crippen LogP) is 7.85. The van der Waals surface area contributed by atoms with Crippen LogP contribution in [0.15, 0.2) is 71.6 Å². The Morgan fingerprint density at radius 1 is 0.915 bits per heavy atom. The van der Waals surface area contributed by atoms with Gasteiger partial charge in [-0.3, -0.25) is 24.7 Å². The van der Waals surface area contributed by atoms with Crippen molar-refractivity contribution in [2.24, 2.45) is 11.3 Å². The van der Waals surface area contributed by atoms with Crippen LogP contribution < -0.4 is 14.9 Å². The molecule has 0 bridgehead atoms. The van der Waals surface area contributed by atoms with Gasteiger partial charge in [-0.15, -0.1) is 0 Å².